The van der Waals surface area contributed by atoms with Gasteiger partial charge in [-0.05, 0) is 19.8 Å². The first-order valence-electron chi connectivity index (χ1n) is 7.53. The monoisotopic (exact) mass is 277 g/mol. The summed E-state index contributed by atoms with van der Waals surface area (Å²) in [5.74, 6) is 2.36. The molecule has 1 aliphatic carbocycles. The smallest absolute Gasteiger partial charge is 0.163 e. The van der Waals surface area contributed by atoms with E-state index in [1.54, 1.807) is 7.11 Å². The molecule has 1 aromatic heterocycles. The van der Waals surface area contributed by atoms with Gasteiger partial charge in [-0.25, -0.2) is 9.97 Å². The summed E-state index contributed by atoms with van der Waals surface area (Å²) in [7, 11) is 1.76. The fourth-order valence-electron chi connectivity index (χ4n) is 2.75. The summed E-state index contributed by atoms with van der Waals surface area (Å²) >= 11 is 0. The average molecular weight is 277 g/mol. The lowest BCUT2D eigenvalue weighted by molar-refractivity contribution is -0.1000. The molecule has 1 saturated heterocycles. The van der Waals surface area contributed by atoms with Crippen LogP contribution in [0.4, 0.5) is 5.82 Å². The SMILES string of the molecule is CCNc1cc(C2CC2)nc(C2(OC)CCOCC2)n1. The van der Waals surface area contributed by atoms with E-state index in [-0.39, 0.29) is 5.60 Å². The van der Waals surface area contributed by atoms with E-state index < -0.39 is 0 Å². The van der Waals surface area contributed by atoms with Crippen molar-refractivity contribution in [2.24, 2.45) is 0 Å². The summed E-state index contributed by atoms with van der Waals surface area (Å²) in [6.45, 7) is 4.37. The third-order valence-corrected chi connectivity index (χ3v) is 4.20. The van der Waals surface area contributed by atoms with Gasteiger partial charge in [-0.1, -0.05) is 0 Å². The molecule has 5 nitrogen and oxygen atoms in total. The number of hydrogen-bond donors (Lipinski definition) is 1. The molecule has 20 heavy (non-hydrogen) atoms. The first kappa shape index (κ1) is 13.8. The topological polar surface area (TPSA) is 56.3 Å². The zero-order valence-corrected chi connectivity index (χ0v) is 12.3. The summed E-state index contributed by atoms with van der Waals surface area (Å²) in [5, 5.41) is 3.31. The van der Waals surface area contributed by atoms with Crippen molar-refractivity contribution >= 4 is 5.82 Å². The number of ether oxygens (including phenoxy) is 2. The number of rotatable bonds is 5. The third-order valence-electron chi connectivity index (χ3n) is 4.20. The van der Waals surface area contributed by atoms with Gasteiger partial charge in [0.1, 0.15) is 11.4 Å². The van der Waals surface area contributed by atoms with Gasteiger partial charge in [-0.3, -0.25) is 0 Å². The molecule has 0 bridgehead atoms. The highest BCUT2D eigenvalue weighted by atomic mass is 16.5. The quantitative estimate of drug-likeness (QED) is 0.896. The van der Waals surface area contributed by atoms with E-state index in [1.165, 1.54) is 12.8 Å². The Hall–Kier alpha value is -1.20. The number of aromatic nitrogens is 2. The molecule has 2 heterocycles. The summed E-state index contributed by atoms with van der Waals surface area (Å²) in [6.07, 6.45) is 4.13. The van der Waals surface area contributed by atoms with Crippen LogP contribution < -0.4 is 5.32 Å². The fraction of sp³-hybridized carbons (Fsp3) is 0.733. The second-order valence-corrected chi connectivity index (χ2v) is 5.62. The van der Waals surface area contributed by atoms with Crippen molar-refractivity contribution < 1.29 is 9.47 Å². The molecule has 3 rings (SSSR count). The van der Waals surface area contributed by atoms with Gasteiger partial charge >= 0.3 is 0 Å². The molecule has 0 unspecified atom stereocenters. The minimum absolute atomic E-state index is 0.382. The third kappa shape index (κ3) is 2.65. The van der Waals surface area contributed by atoms with Crippen LogP contribution in [0.1, 0.15) is 50.0 Å². The summed E-state index contributed by atoms with van der Waals surface area (Å²) in [4.78, 5) is 9.51. The minimum Gasteiger partial charge on any atom is -0.381 e. The van der Waals surface area contributed by atoms with Gasteiger partial charge in [0.2, 0.25) is 0 Å². The predicted octanol–water partition coefficient (Wildman–Crippen LogP) is 2.44. The van der Waals surface area contributed by atoms with Crippen molar-refractivity contribution in [1.82, 2.24) is 9.97 Å². The summed E-state index contributed by atoms with van der Waals surface area (Å²) in [5.41, 5.74) is 0.779. The molecule has 110 valence electrons. The van der Waals surface area contributed by atoms with Crippen LogP contribution in [0.3, 0.4) is 0 Å². The first-order valence-corrected chi connectivity index (χ1v) is 7.53. The minimum atomic E-state index is -0.382. The van der Waals surface area contributed by atoms with Crippen LogP contribution in [0.25, 0.3) is 0 Å². The van der Waals surface area contributed by atoms with Crippen molar-refractivity contribution in [3.05, 3.63) is 17.6 Å². The zero-order chi connectivity index (χ0) is 14.0. The molecule has 0 amide bonds. The molecule has 1 saturated carbocycles. The molecule has 5 heteroatoms. The number of anilines is 1. The van der Waals surface area contributed by atoms with Crippen LogP contribution in [0, 0.1) is 0 Å². The molecule has 1 aliphatic heterocycles. The van der Waals surface area contributed by atoms with Gasteiger partial charge in [-0.2, -0.15) is 0 Å². The van der Waals surface area contributed by atoms with Gasteiger partial charge in [0.25, 0.3) is 0 Å². The van der Waals surface area contributed by atoms with E-state index in [1.807, 2.05) is 0 Å². The Bertz CT molecular complexity index is 468. The standard InChI is InChI=1S/C15H23N3O2/c1-3-16-13-10-12(11-4-5-11)17-14(18-13)15(19-2)6-8-20-9-7-15/h10-11H,3-9H2,1-2H3,(H,16,17,18). The van der Waals surface area contributed by atoms with Crippen molar-refractivity contribution in [3.63, 3.8) is 0 Å². The van der Waals surface area contributed by atoms with Crippen LogP contribution in [-0.4, -0.2) is 36.8 Å². The fourth-order valence-corrected chi connectivity index (χ4v) is 2.75. The zero-order valence-electron chi connectivity index (χ0n) is 12.3. The predicted molar refractivity (Wildman–Crippen MR) is 76.9 cm³/mol. The molecule has 0 atom stereocenters. The van der Waals surface area contributed by atoms with E-state index in [0.29, 0.717) is 19.1 Å². The molecule has 1 N–H and O–H groups in total. The Morgan fingerprint density at radius 1 is 1.35 bits per heavy atom. The van der Waals surface area contributed by atoms with Gasteiger partial charge in [0.05, 0.1) is 0 Å². The highest BCUT2D eigenvalue weighted by Gasteiger charge is 2.39. The molecule has 2 aliphatic rings. The van der Waals surface area contributed by atoms with Gasteiger partial charge in [0.15, 0.2) is 5.82 Å². The molecular weight excluding hydrogens is 254 g/mol. The van der Waals surface area contributed by atoms with Gasteiger partial charge in [0, 0.05) is 57.4 Å². The molecule has 0 aromatic carbocycles. The second kappa shape index (κ2) is 5.66. The van der Waals surface area contributed by atoms with Crippen LogP contribution >= 0.6 is 0 Å². The Morgan fingerprint density at radius 2 is 2.10 bits per heavy atom. The van der Waals surface area contributed by atoms with Gasteiger partial charge < -0.3 is 14.8 Å². The van der Waals surface area contributed by atoms with Crippen LogP contribution in [0.2, 0.25) is 0 Å². The van der Waals surface area contributed by atoms with Crippen LogP contribution in [0.5, 0.6) is 0 Å². The lowest BCUT2D eigenvalue weighted by Gasteiger charge is -2.34. The van der Waals surface area contributed by atoms with Gasteiger partial charge in [-0.15, -0.1) is 0 Å². The normalized spacial score (nSPS) is 21.7. The number of hydrogen-bond acceptors (Lipinski definition) is 5. The van der Waals surface area contributed by atoms with Crippen molar-refractivity contribution in [2.45, 2.75) is 44.1 Å². The number of methoxy groups -OCH3 is 1. The molecule has 2 fully saturated rings. The number of nitrogens with zero attached hydrogens (tertiary/aromatic N) is 2. The maximum atomic E-state index is 5.82. The average Bonchev–Trinajstić information content (AvgIpc) is 3.33. The lowest BCUT2D eigenvalue weighted by Crippen LogP contribution is -2.37. The molecule has 1 aromatic rings. The lowest BCUT2D eigenvalue weighted by atomic mass is 9.93. The molecule has 0 radical (unpaired) electrons. The van der Waals surface area contributed by atoms with Crippen molar-refractivity contribution in [2.75, 3.05) is 32.2 Å². The summed E-state index contributed by atoms with van der Waals surface area (Å²) in [6, 6.07) is 2.09. The number of nitrogens with one attached hydrogen (secondary N) is 1. The second-order valence-electron chi connectivity index (χ2n) is 5.62. The molecule has 0 spiro atoms. The largest absolute Gasteiger partial charge is 0.381 e. The maximum absolute atomic E-state index is 5.82. The Kier molecular flexibility index (Phi) is 3.89. The van der Waals surface area contributed by atoms with E-state index in [9.17, 15) is 0 Å². The van der Waals surface area contributed by atoms with E-state index >= 15 is 0 Å². The summed E-state index contributed by atoms with van der Waals surface area (Å²) < 4.78 is 11.3. The van der Waals surface area contributed by atoms with E-state index in [4.69, 9.17) is 19.4 Å². The van der Waals surface area contributed by atoms with Crippen molar-refractivity contribution in [1.29, 1.82) is 0 Å². The highest BCUT2D eigenvalue weighted by molar-refractivity contribution is 5.39. The molecular formula is C15H23N3O2. The first-order chi connectivity index (χ1) is 9.77. The van der Waals surface area contributed by atoms with E-state index in [0.717, 1.165) is 36.7 Å². The Balaban J connectivity index is 1.97. The van der Waals surface area contributed by atoms with Crippen LogP contribution in [0.15, 0.2) is 6.07 Å². The maximum Gasteiger partial charge on any atom is 0.163 e. The Labute approximate surface area is 120 Å². The Morgan fingerprint density at radius 3 is 2.70 bits per heavy atom. The van der Waals surface area contributed by atoms with Crippen molar-refractivity contribution in [3.8, 4) is 0 Å². The van der Waals surface area contributed by atoms with Crippen LogP contribution in [-0.2, 0) is 15.1 Å². The highest BCUT2D eigenvalue weighted by Crippen LogP contribution is 2.41. The van der Waals surface area contributed by atoms with E-state index in [2.05, 4.69) is 18.3 Å².